The minimum atomic E-state index is -1.03. The Morgan fingerprint density at radius 2 is 1.58 bits per heavy atom. The molecule has 0 aliphatic heterocycles. The molecule has 138 valence electrons. The zero-order valence-electron chi connectivity index (χ0n) is 14.9. The molecule has 0 aliphatic carbocycles. The van der Waals surface area contributed by atoms with E-state index in [0.717, 1.165) is 11.1 Å². The maximum Gasteiger partial charge on any atom is 0.326 e. The lowest BCUT2D eigenvalue weighted by Crippen LogP contribution is -2.44. The Morgan fingerprint density at radius 3 is 2.15 bits per heavy atom. The third-order valence-electron chi connectivity index (χ3n) is 4.15. The van der Waals surface area contributed by atoms with Gasteiger partial charge >= 0.3 is 5.97 Å². The van der Waals surface area contributed by atoms with Gasteiger partial charge in [0.1, 0.15) is 6.04 Å². The van der Waals surface area contributed by atoms with Crippen LogP contribution in [0.3, 0.4) is 0 Å². The molecule has 0 fully saturated rings. The van der Waals surface area contributed by atoms with Gasteiger partial charge in [-0.05, 0) is 17.5 Å². The number of nitrogens with one attached hydrogen (secondary N) is 1. The van der Waals surface area contributed by atoms with Crippen LogP contribution >= 0.6 is 0 Å². The smallest absolute Gasteiger partial charge is 0.326 e. The molecule has 5 heteroatoms. The number of hydrogen-bond acceptors (Lipinski definition) is 3. The fourth-order valence-corrected chi connectivity index (χ4v) is 2.52. The molecule has 26 heavy (non-hydrogen) atoms. The van der Waals surface area contributed by atoms with Crippen LogP contribution in [0.25, 0.3) is 0 Å². The number of rotatable bonds is 10. The van der Waals surface area contributed by atoms with Crippen LogP contribution in [0, 0.1) is 5.92 Å². The van der Waals surface area contributed by atoms with Gasteiger partial charge in [0.05, 0.1) is 6.61 Å². The topological polar surface area (TPSA) is 75.6 Å². The van der Waals surface area contributed by atoms with E-state index < -0.39 is 12.0 Å². The van der Waals surface area contributed by atoms with Crippen molar-refractivity contribution in [2.75, 3.05) is 6.61 Å². The van der Waals surface area contributed by atoms with E-state index in [9.17, 15) is 14.7 Å². The van der Waals surface area contributed by atoms with Crippen LogP contribution in [-0.2, 0) is 27.4 Å². The van der Waals surface area contributed by atoms with E-state index in [1.807, 2.05) is 60.7 Å². The van der Waals surface area contributed by atoms with Crippen LogP contribution in [-0.4, -0.2) is 29.6 Å². The molecule has 2 aromatic rings. The fourth-order valence-electron chi connectivity index (χ4n) is 2.52. The summed E-state index contributed by atoms with van der Waals surface area (Å²) in [6.45, 7) is 2.73. The second-order valence-electron chi connectivity index (χ2n) is 6.32. The van der Waals surface area contributed by atoms with E-state index in [1.54, 1.807) is 6.92 Å². The number of carbonyl (C=O) groups excluding carboxylic acids is 1. The lowest BCUT2D eigenvalue weighted by molar-refractivity contribution is -0.142. The summed E-state index contributed by atoms with van der Waals surface area (Å²) >= 11 is 0. The molecule has 5 nitrogen and oxygen atoms in total. The lowest BCUT2D eigenvalue weighted by Gasteiger charge is -2.18. The minimum Gasteiger partial charge on any atom is -0.480 e. The van der Waals surface area contributed by atoms with Gasteiger partial charge in [0, 0.05) is 18.9 Å². The van der Waals surface area contributed by atoms with E-state index in [-0.39, 0.29) is 18.2 Å². The number of amides is 1. The second kappa shape index (κ2) is 10.4. The molecular weight excluding hydrogens is 330 g/mol. The lowest BCUT2D eigenvalue weighted by atomic mass is 10.0. The molecule has 0 radical (unpaired) electrons. The van der Waals surface area contributed by atoms with Gasteiger partial charge in [-0.15, -0.1) is 0 Å². The third kappa shape index (κ3) is 6.69. The van der Waals surface area contributed by atoms with Crippen molar-refractivity contribution in [1.82, 2.24) is 5.32 Å². The second-order valence-corrected chi connectivity index (χ2v) is 6.32. The highest BCUT2D eigenvalue weighted by Gasteiger charge is 2.23. The Kier molecular flexibility index (Phi) is 7.83. The number of aliphatic carboxylic acids is 1. The van der Waals surface area contributed by atoms with Gasteiger partial charge < -0.3 is 15.2 Å². The first-order valence-corrected chi connectivity index (χ1v) is 8.75. The van der Waals surface area contributed by atoms with Crippen LogP contribution in [0.1, 0.15) is 24.5 Å². The predicted molar refractivity (Wildman–Crippen MR) is 99.6 cm³/mol. The zero-order valence-corrected chi connectivity index (χ0v) is 14.9. The Morgan fingerprint density at radius 1 is 1.00 bits per heavy atom. The van der Waals surface area contributed by atoms with Gasteiger partial charge in [-0.25, -0.2) is 4.79 Å². The molecule has 1 unspecified atom stereocenters. The highest BCUT2D eigenvalue weighted by Crippen LogP contribution is 2.08. The molecule has 0 aliphatic rings. The van der Waals surface area contributed by atoms with Gasteiger partial charge in [0.2, 0.25) is 5.91 Å². The molecule has 2 atom stereocenters. The van der Waals surface area contributed by atoms with Gasteiger partial charge in [-0.2, -0.15) is 0 Å². The summed E-state index contributed by atoms with van der Waals surface area (Å²) in [4.78, 5) is 23.7. The molecule has 0 aromatic heterocycles. The molecule has 2 rings (SSSR count). The first-order chi connectivity index (χ1) is 12.6. The van der Waals surface area contributed by atoms with Gasteiger partial charge in [-0.3, -0.25) is 4.79 Å². The molecule has 0 bridgehead atoms. The highest BCUT2D eigenvalue weighted by atomic mass is 16.5. The summed E-state index contributed by atoms with van der Waals surface area (Å²) in [5, 5.41) is 12.0. The number of benzene rings is 2. The average Bonchev–Trinajstić information content (AvgIpc) is 2.66. The molecule has 0 saturated carbocycles. The van der Waals surface area contributed by atoms with Crippen LogP contribution in [0.2, 0.25) is 0 Å². The Hall–Kier alpha value is -2.66. The SMILES string of the molecule is CC(CCOCc1ccccc1)C(=O)N[C@H](Cc1ccccc1)C(=O)O. The van der Waals surface area contributed by atoms with Crippen molar-refractivity contribution in [3.8, 4) is 0 Å². The normalized spacial score (nSPS) is 13.0. The molecule has 1 amide bonds. The van der Waals surface area contributed by atoms with E-state index in [0.29, 0.717) is 19.6 Å². The van der Waals surface area contributed by atoms with Gasteiger partial charge in [-0.1, -0.05) is 67.6 Å². The highest BCUT2D eigenvalue weighted by molar-refractivity contribution is 5.84. The summed E-state index contributed by atoms with van der Waals surface area (Å²) in [6, 6.07) is 18.2. The van der Waals surface area contributed by atoms with Crippen LogP contribution in [0.4, 0.5) is 0 Å². The predicted octanol–water partition coefficient (Wildman–Crippen LogP) is 3.04. The number of carboxylic acid groups (broad SMARTS) is 1. The van der Waals surface area contributed by atoms with Crippen LogP contribution in [0.15, 0.2) is 60.7 Å². The number of hydrogen-bond donors (Lipinski definition) is 2. The monoisotopic (exact) mass is 355 g/mol. The molecule has 2 aromatic carbocycles. The average molecular weight is 355 g/mol. The maximum absolute atomic E-state index is 12.3. The van der Waals surface area contributed by atoms with E-state index in [4.69, 9.17) is 4.74 Å². The maximum atomic E-state index is 12.3. The fraction of sp³-hybridized carbons (Fsp3) is 0.333. The van der Waals surface area contributed by atoms with Crippen LogP contribution in [0.5, 0.6) is 0 Å². The Balaban J connectivity index is 1.75. The van der Waals surface area contributed by atoms with Crippen molar-refractivity contribution >= 4 is 11.9 Å². The van der Waals surface area contributed by atoms with Gasteiger partial charge in [0.25, 0.3) is 0 Å². The minimum absolute atomic E-state index is 0.263. The summed E-state index contributed by atoms with van der Waals surface area (Å²) in [6.07, 6.45) is 0.801. The van der Waals surface area contributed by atoms with Crippen molar-refractivity contribution in [2.45, 2.75) is 32.4 Å². The summed E-state index contributed by atoms with van der Waals surface area (Å²) in [5.41, 5.74) is 1.96. The van der Waals surface area contributed by atoms with Gasteiger partial charge in [0.15, 0.2) is 0 Å². The molecule has 2 N–H and O–H groups in total. The zero-order chi connectivity index (χ0) is 18.8. The van der Waals surface area contributed by atoms with Crippen molar-refractivity contribution < 1.29 is 19.4 Å². The summed E-state index contributed by atoms with van der Waals surface area (Å²) in [5.74, 6) is -1.62. The first kappa shape index (κ1) is 19.7. The summed E-state index contributed by atoms with van der Waals surface area (Å²) in [7, 11) is 0. The van der Waals surface area contributed by atoms with Crippen LogP contribution < -0.4 is 5.32 Å². The van der Waals surface area contributed by atoms with E-state index >= 15 is 0 Å². The quantitative estimate of drug-likeness (QED) is 0.642. The number of carbonyl (C=O) groups is 2. The molecular formula is C21H25NO4. The molecule has 0 spiro atoms. The third-order valence-corrected chi connectivity index (χ3v) is 4.15. The van der Waals surface area contributed by atoms with E-state index in [2.05, 4.69) is 5.32 Å². The Bertz CT molecular complexity index is 688. The molecule has 0 heterocycles. The number of ether oxygens (including phenoxy) is 1. The molecule has 0 saturated heterocycles. The van der Waals surface area contributed by atoms with E-state index in [1.165, 1.54) is 0 Å². The van der Waals surface area contributed by atoms with Crippen molar-refractivity contribution in [3.05, 3.63) is 71.8 Å². The Labute approximate surface area is 154 Å². The largest absolute Gasteiger partial charge is 0.480 e. The first-order valence-electron chi connectivity index (χ1n) is 8.75. The van der Waals surface area contributed by atoms with Crippen molar-refractivity contribution in [2.24, 2.45) is 5.92 Å². The standard InChI is InChI=1S/C21H25NO4/c1-16(12-13-26-15-18-10-6-3-7-11-18)20(23)22-19(21(24)25)14-17-8-4-2-5-9-17/h2-11,16,19H,12-15H2,1H3,(H,22,23)(H,24,25)/t16?,19-/m1/s1. The van der Waals surface area contributed by atoms with Crippen molar-refractivity contribution in [3.63, 3.8) is 0 Å². The summed E-state index contributed by atoms with van der Waals surface area (Å²) < 4.78 is 5.59. The van der Waals surface area contributed by atoms with Crippen molar-refractivity contribution in [1.29, 1.82) is 0 Å². The number of carboxylic acids is 1.